The maximum Gasteiger partial charge on any atom is 0.273 e. The summed E-state index contributed by atoms with van der Waals surface area (Å²) in [6.07, 6.45) is 1.66. The van der Waals surface area contributed by atoms with E-state index in [2.05, 4.69) is 10.5 Å². The van der Waals surface area contributed by atoms with Crippen LogP contribution in [0.3, 0.4) is 0 Å². The van der Waals surface area contributed by atoms with Crippen LogP contribution in [0.25, 0.3) is 0 Å². The Hall–Kier alpha value is -1.32. The standard InChI is InChI=1S/C10H16N2O2/c1-4-7(3)11-10(13)9-6-8(5-2)14-12-9/h6-7H,4-5H2,1-3H3,(H,11,13)/t7-/m0/s1. The predicted octanol–water partition coefficient (Wildman–Crippen LogP) is 1.77. The van der Waals surface area contributed by atoms with Crippen LogP contribution in [0.15, 0.2) is 10.6 Å². The van der Waals surface area contributed by atoms with Crippen molar-refractivity contribution in [1.29, 1.82) is 0 Å². The lowest BCUT2D eigenvalue weighted by Crippen LogP contribution is -2.32. The molecule has 14 heavy (non-hydrogen) atoms. The molecule has 4 nitrogen and oxygen atoms in total. The fourth-order valence-corrected chi connectivity index (χ4v) is 0.986. The Morgan fingerprint density at radius 2 is 2.36 bits per heavy atom. The monoisotopic (exact) mass is 196 g/mol. The third kappa shape index (κ3) is 2.58. The largest absolute Gasteiger partial charge is 0.361 e. The lowest BCUT2D eigenvalue weighted by atomic mass is 10.2. The third-order valence-corrected chi connectivity index (χ3v) is 2.13. The van der Waals surface area contributed by atoms with E-state index >= 15 is 0 Å². The smallest absolute Gasteiger partial charge is 0.273 e. The first-order valence-corrected chi connectivity index (χ1v) is 4.93. The molecule has 0 saturated carbocycles. The van der Waals surface area contributed by atoms with Gasteiger partial charge in [0.05, 0.1) is 0 Å². The maximum absolute atomic E-state index is 11.5. The van der Waals surface area contributed by atoms with Crippen LogP contribution in [-0.2, 0) is 6.42 Å². The van der Waals surface area contributed by atoms with Crippen LogP contribution in [0, 0.1) is 0 Å². The van der Waals surface area contributed by atoms with Gasteiger partial charge in [0.1, 0.15) is 5.76 Å². The van der Waals surface area contributed by atoms with E-state index in [1.807, 2.05) is 20.8 Å². The first-order chi connectivity index (χ1) is 6.67. The molecule has 1 rings (SSSR count). The molecule has 1 amide bonds. The molecular weight excluding hydrogens is 180 g/mol. The van der Waals surface area contributed by atoms with Gasteiger partial charge in [-0.05, 0) is 13.3 Å². The molecule has 0 aromatic carbocycles. The Morgan fingerprint density at radius 3 is 2.86 bits per heavy atom. The second-order valence-corrected chi connectivity index (χ2v) is 3.31. The number of carbonyl (C=O) groups excluding carboxylic acids is 1. The van der Waals surface area contributed by atoms with Crippen LogP contribution in [0.2, 0.25) is 0 Å². The van der Waals surface area contributed by atoms with Crippen molar-refractivity contribution in [3.8, 4) is 0 Å². The number of hydrogen-bond donors (Lipinski definition) is 1. The molecular formula is C10H16N2O2. The van der Waals surface area contributed by atoms with Crippen LogP contribution in [-0.4, -0.2) is 17.1 Å². The van der Waals surface area contributed by atoms with Crippen molar-refractivity contribution < 1.29 is 9.32 Å². The van der Waals surface area contributed by atoms with Gasteiger partial charge in [-0.3, -0.25) is 4.79 Å². The number of amides is 1. The second-order valence-electron chi connectivity index (χ2n) is 3.31. The van der Waals surface area contributed by atoms with Crippen molar-refractivity contribution in [3.63, 3.8) is 0 Å². The molecule has 1 heterocycles. The van der Waals surface area contributed by atoms with Crippen LogP contribution in [0.4, 0.5) is 0 Å². The van der Waals surface area contributed by atoms with Gasteiger partial charge < -0.3 is 9.84 Å². The zero-order valence-electron chi connectivity index (χ0n) is 8.83. The molecule has 0 aliphatic rings. The Labute approximate surface area is 83.7 Å². The molecule has 4 heteroatoms. The van der Waals surface area contributed by atoms with Gasteiger partial charge >= 0.3 is 0 Å². The fraction of sp³-hybridized carbons (Fsp3) is 0.600. The first kappa shape index (κ1) is 10.8. The Morgan fingerprint density at radius 1 is 1.64 bits per heavy atom. The van der Waals surface area contributed by atoms with Crippen molar-refractivity contribution in [2.45, 2.75) is 39.7 Å². The summed E-state index contributed by atoms with van der Waals surface area (Å²) in [6.45, 7) is 5.93. The van der Waals surface area contributed by atoms with Crippen LogP contribution in [0.5, 0.6) is 0 Å². The predicted molar refractivity (Wildman–Crippen MR) is 53.1 cm³/mol. The first-order valence-electron chi connectivity index (χ1n) is 4.93. The molecule has 0 unspecified atom stereocenters. The highest BCUT2D eigenvalue weighted by molar-refractivity contribution is 5.92. The number of rotatable bonds is 4. The number of nitrogens with zero attached hydrogens (tertiary/aromatic N) is 1. The van der Waals surface area contributed by atoms with E-state index in [1.54, 1.807) is 6.07 Å². The van der Waals surface area contributed by atoms with E-state index in [1.165, 1.54) is 0 Å². The van der Waals surface area contributed by atoms with Crippen molar-refractivity contribution in [3.05, 3.63) is 17.5 Å². The van der Waals surface area contributed by atoms with Gasteiger partial charge in [0, 0.05) is 18.5 Å². The summed E-state index contributed by atoms with van der Waals surface area (Å²) in [6, 6.07) is 1.85. The molecule has 0 saturated heterocycles. The van der Waals surface area contributed by atoms with E-state index in [0.717, 1.165) is 18.6 Å². The number of aryl methyl sites for hydroxylation is 1. The maximum atomic E-state index is 11.5. The minimum Gasteiger partial charge on any atom is -0.361 e. The quantitative estimate of drug-likeness (QED) is 0.798. The Balaban J connectivity index is 2.60. The SMILES string of the molecule is CCc1cc(C(=O)N[C@@H](C)CC)no1. The normalized spacial score (nSPS) is 12.5. The lowest BCUT2D eigenvalue weighted by molar-refractivity contribution is 0.0930. The number of carbonyl (C=O) groups is 1. The second kappa shape index (κ2) is 4.79. The van der Waals surface area contributed by atoms with Crippen LogP contribution < -0.4 is 5.32 Å². The molecule has 0 radical (unpaired) electrons. The van der Waals surface area contributed by atoms with E-state index in [-0.39, 0.29) is 11.9 Å². The molecule has 0 aliphatic carbocycles. The van der Waals surface area contributed by atoms with Gasteiger partial charge in [0.15, 0.2) is 5.69 Å². The average molecular weight is 196 g/mol. The summed E-state index contributed by atoms with van der Waals surface area (Å²) in [4.78, 5) is 11.5. The van der Waals surface area contributed by atoms with E-state index in [9.17, 15) is 4.79 Å². The minimum absolute atomic E-state index is 0.164. The summed E-state index contributed by atoms with van der Waals surface area (Å²) in [5.41, 5.74) is 0.363. The minimum atomic E-state index is -0.164. The van der Waals surface area contributed by atoms with E-state index in [4.69, 9.17) is 4.52 Å². The summed E-state index contributed by atoms with van der Waals surface area (Å²) in [5.74, 6) is 0.571. The van der Waals surface area contributed by atoms with E-state index < -0.39 is 0 Å². The van der Waals surface area contributed by atoms with Crippen molar-refractivity contribution in [1.82, 2.24) is 10.5 Å². The van der Waals surface area contributed by atoms with Crippen molar-refractivity contribution in [2.75, 3.05) is 0 Å². The number of aromatic nitrogens is 1. The molecule has 1 N–H and O–H groups in total. The Bertz CT molecular complexity index is 307. The lowest BCUT2D eigenvalue weighted by Gasteiger charge is -2.08. The zero-order valence-corrected chi connectivity index (χ0v) is 8.83. The van der Waals surface area contributed by atoms with Gasteiger partial charge in [-0.1, -0.05) is 19.0 Å². The topological polar surface area (TPSA) is 55.1 Å². The van der Waals surface area contributed by atoms with Crippen molar-refractivity contribution >= 4 is 5.91 Å². The molecule has 1 atom stereocenters. The van der Waals surface area contributed by atoms with Crippen LogP contribution in [0.1, 0.15) is 43.4 Å². The van der Waals surface area contributed by atoms with Gasteiger partial charge in [-0.15, -0.1) is 0 Å². The van der Waals surface area contributed by atoms with Gasteiger partial charge in [-0.2, -0.15) is 0 Å². The average Bonchev–Trinajstić information content (AvgIpc) is 2.65. The molecule has 0 spiro atoms. The molecule has 0 aliphatic heterocycles. The molecule has 78 valence electrons. The highest BCUT2D eigenvalue weighted by Crippen LogP contribution is 2.04. The summed E-state index contributed by atoms with van der Waals surface area (Å²) >= 11 is 0. The van der Waals surface area contributed by atoms with Crippen LogP contribution >= 0.6 is 0 Å². The van der Waals surface area contributed by atoms with Gasteiger partial charge in [-0.25, -0.2) is 0 Å². The zero-order chi connectivity index (χ0) is 10.6. The summed E-state index contributed by atoms with van der Waals surface area (Å²) < 4.78 is 4.94. The van der Waals surface area contributed by atoms with E-state index in [0.29, 0.717) is 5.69 Å². The van der Waals surface area contributed by atoms with Gasteiger partial charge in [0.2, 0.25) is 0 Å². The summed E-state index contributed by atoms with van der Waals surface area (Å²) in [5, 5.41) is 6.51. The molecule has 1 aromatic rings. The highest BCUT2D eigenvalue weighted by Gasteiger charge is 2.12. The number of nitrogens with one attached hydrogen (secondary N) is 1. The molecule has 0 bridgehead atoms. The molecule has 0 fully saturated rings. The Kier molecular flexibility index (Phi) is 3.68. The molecule has 1 aromatic heterocycles. The number of hydrogen-bond acceptors (Lipinski definition) is 3. The van der Waals surface area contributed by atoms with Crippen molar-refractivity contribution in [2.24, 2.45) is 0 Å². The fourth-order valence-electron chi connectivity index (χ4n) is 0.986. The highest BCUT2D eigenvalue weighted by atomic mass is 16.5. The third-order valence-electron chi connectivity index (χ3n) is 2.13. The van der Waals surface area contributed by atoms with Gasteiger partial charge in [0.25, 0.3) is 5.91 Å². The summed E-state index contributed by atoms with van der Waals surface area (Å²) in [7, 11) is 0.